The molecule has 4 rings (SSSR count). The first kappa shape index (κ1) is 18.8. The van der Waals surface area contributed by atoms with E-state index in [1.54, 1.807) is 0 Å². The highest BCUT2D eigenvalue weighted by Crippen LogP contribution is 2.37. The Hall–Kier alpha value is -2.54. The predicted octanol–water partition coefficient (Wildman–Crippen LogP) is 7.69. The van der Waals surface area contributed by atoms with E-state index in [1.807, 2.05) is 0 Å². The summed E-state index contributed by atoms with van der Waals surface area (Å²) in [6.07, 6.45) is 0. The van der Waals surface area contributed by atoms with E-state index in [0.717, 1.165) is 0 Å². The van der Waals surface area contributed by atoms with Crippen LogP contribution in [-0.4, -0.2) is 4.57 Å². The average molecular weight is 370 g/mol. The summed E-state index contributed by atoms with van der Waals surface area (Å²) in [5, 5.41) is 2.65. The van der Waals surface area contributed by atoms with Crippen LogP contribution in [0.15, 0.2) is 60.7 Å². The second-order valence-corrected chi connectivity index (χ2v) is 10.1. The van der Waals surface area contributed by atoms with Crippen molar-refractivity contribution in [1.82, 2.24) is 4.57 Å². The summed E-state index contributed by atoms with van der Waals surface area (Å²) in [6, 6.07) is 22.7. The Balaban J connectivity index is 2.17. The maximum Gasteiger partial charge on any atom is 0.0544 e. The third-order valence-electron chi connectivity index (χ3n) is 5.86. The van der Waals surface area contributed by atoms with Crippen LogP contribution in [0.5, 0.6) is 0 Å². The average Bonchev–Trinajstić information content (AvgIpc) is 2.93. The van der Waals surface area contributed by atoms with Gasteiger partial charge in [0.2, 0.25) is 0 Å². The zero-order chi connectivity index (χ0) is 20.3. The number of aromatic nitrogens is 1. The molecule has 0 unspecified atom stereocenters. The minimum absolute atomic E-state index is 0.123. The summed E-state index contributed by atoms with van der Waals surface area (Å²) in [5.41, 5.74) is 8.13. The SMILES string of the molecule is Cc1ccccc1-n1c2cc(C(C)(C)C)ccc2c2ccc(C(C)(C)C)cc21. The van der Waals surface area contributed by atoms with Crippen LogP contribution in [0.4, 0.5) is 0 Å². The number of para-hydroxylation sites is 1. The third kappa shape index (κ3) is 3.03. The molecule has 0 N–H and O–H groups in total. The number of benzene rings is 3. The van der Waals surface area contributed by atoms with Crippen molar-refractivity contribution in [2.24, 2.45) is 0 Å². The molecule has 0 aliphatic carbocycles. The van der Waals surface area contributed by atoms with Crippen molar-refractivity contribution in [3.63, 3.8) is 0 Å². The first-order valence-corrected chi connectivity index (χ1v) is 10.2. The molecule has 1 aromatic heterocycles. The molecule has 4 aromatic rings. The molecular weight excluding hydrogens is 338 g/mol. The Labute approximate surface area is 169 Å². The molecular formula is C27H31N. The van der Waals surface area contributed by atoms with Crippen LogP contribution in [-0.2, 0) is 10.8 Å². The maximum absolute atomic E-state index is 2.46. The molecule has 1 heteroatoms. The van der Waals surface area contributed by atoms with Crippen LogP contribution in [0.1, 0.15) is 58.2 Å². The lowest BCUT2D eigenvalue weighted by Gasteiger charge is -2.20. The predicted molar refractivity (Wildman–Crippen MR) is 123 cm³/mol. The smallest absolute Gasteiger partial charge is 0.0544 e. The van der Waals surface area contributed by atoms with Gasteiger partial charge in [-0.1, -0.05) is 84.0 Å². The molecule has 0 aliphatic rings. The first-order chi connectivity index (χ1) is 13.1. The van der Waals surface area contributed by atoms with Crippen molar-refractivity contribution >= 4 is 21.8 Å². The molecule has 0 fully saturated rings. The number of hydrogen-bond donors (Lipinski definition) is 0. The van der Waals surface area contributed by atoms with E-state index in [-0.39, 0.29) is 10.8 Å². The fourth-order valence-electron chi connectivity index (χ4n) is 4.03. The summed E-state index contributed by atoms with van der Waals surface area (Å²) in [6.45, 7) is 15.9. The van der Waals surface area contributed by atoms with Gasteiger partial charge in [0.25, 0.3) is 0 Å². The molecule has 1 nitrogen and oxygen atoms in total. The van der Waals surface area contributed by atoms with E-state index in [2.05, 4.69) is 114 Å². The van der Waals surface area contributed by atoms with Gasteiger partial charge in [-0.05, 0) is 52.6 Å². The molecule has 0 spiro atoms. The minimum atomic E-state index is 0.123. The monoisotopic (exact) mass is 369 g/mol. The summed E-state index contributed by atoms with van der Waals surface area (Å²) in [7, 11) is 0. The fourth-order valence-corrected chi connectivity index (χ4v) is 4.03. The van der Waals surface area contributed by atoms with Crippen molar-refractivity contribution in [3.8, 4) is 5.69 Å². The molecule has 144 valence electrons. The minimum Gasteiger partial charge on any atom is -0.309 e. The van der Waals surface area contributed by atoms with E-state index in [1.165, 1.54) is 44.2 Å². The molecule has 28 heavy (non-hydrogen) atoms. The van der Waals surface area contributed by atoms with Gasteiger partial charge in [0.15, 0.2) is 0 Å². The Morgan fingerprint density at radius 1 is 0.607 bits per heavy atom. The number of hydrogen-bond acceptors (Lipinski definition) is 0. The molecule has 0 bridgehead atoms. The molecule has 0 radical (unpaired) electrons. The second-order valence-electron chi connectivity index (χ2n) is 10.1. The van der Waals surface area contributed by atoms with Crippen molar-refractivity contribution in [2.45, 2.75) is 59.3 Å². The molecule has 3 aromatic carbocycles. The quantitative estimate of drug-likeness (QED) is 0.324. The Morgan fingerprint density at radius 2 is 1.07 bits per heavy atom. The van der Waals surface area contributed by atoms with Crippen LogP contribution in [0.3, 0.4) is 0 Å². The molecule has 0 aliphatic heterocycles. The van der Waals surface area contributed by atoms with Crippen molar-refractivity contribution in [3.05, 3.63) is 77.4 Å². The maximum atomic E-state index is 2.46. The van der Waals surface area contributed by atoms with Crippen LogP contribution in [0, 0.1) is 6.92 Å². The highest BCUT2D eigenvalue weighted by Gasteiger charge is 2.21. The Bertz CT molecular complexity index is 1110. The van der Waals surface area contributed by atoms with Crippen molar-refractivity contribution in [2.75, 3.05) is 0 Å². The van der Waals surface area contributed by atoms with Crippen molar-refractivity contribution in [1.29, 1.82) is 0 Å². The van der Waals surface area contributed by atoms with E-state index in [4.69, 9.17) is 0 Å². The van der Waals surface area contributed by atoms with E-state index >= 15 is 0 Å². The summed E-state index contributed by atoms with van der Waals surface area (Å²) in [4.78, 5) is 0. The lowest BCUT2D eigenvalue weighted by atomic mass is 9.86. The first-order valence-electron chi connectivity index (χ1n) is 10.2. The van der Waals surface area contributed by atoms with Gasteiger partial charge in [0.05, 0.1) is 11.0 Å². The zero-order valence-corrected chi connectivity index (χ0v) is 18.2. The van der Waals surface area contributed by atoms with E-state index in [0.29, 0.717) is 0 Å². The van der Waals surface area contributed by atoms with Crippen molar-refractivity contribution < 1.29 is 0 Å². The Kier molecular flexibility index (Phi) is 4.19. The number of aryl methyl sites for hydroxylation is 1. The highest BCUT2D eigenvalue weighted by atomic mass is 15.0. The number of nitrogens with zero attached hydrogens (tertiary/aromatic N) is 1. The molecule has 1 heterocycles. The molecule has 0 saturated carbocycles. The molecule has 0 amide bonds. The molecule has 0 saturated heterocycles. The lowest BCUT2D eigenvalue weighted by Crippen LogP contribution is -2.11. The number of fused-ring (bicyclic) bond motifs is 3. The van der Waals surface area contributed by atoms with Crippen LogP contribution in [0.25, 0.3) is 27.5 Å². The fraction of sp³-hybridized carbons (Fsp3) is 0.333. The van der Waals surface area contributed by atoms with Gasteiger partial charge >= 0.3 is 0 Å². The van der Waals surface area contributed by atoms with Gasteiger partial charge < -0.3 is 4.57 Å². The number of rotatable bonds is 1. The van der Waals surface area contributed by atoms with E-state index < -0.39 is 0 Å². The van der Waals surface area contributed by atoms with Crippen LogP contribution < -0.4 is 0 Å². The Morgan fingerprint density at radius 3 is 1.50 bits per heavy atom. The summed E-state index contributed by atoms with van der Waals surface area (Å²) >= 11 is 0. The van der Waals surface area contributed by atoms with Crippen LogP contribution in [0.2, 0.25) is 0 Å². The zero-order valence-electron chi connectivity index (χ0n) is 18.2. The lowest BCUT2D eigenvalue weighted by molar-refractivity contribution is 0.591. The van der Waals surface area contributed by atoms with E-state index in [9.17, 15) is 0 Å². The van der Waals surface area contributed by atoms with Gasteiger partial charge in [0.1, 0.15) is 0 Å². The van der Waals surface area contributed by atoms with Gasteiger partial charge in [-0.2, -0.15) is 0 Å². The van der Waals surface area contributed by atoms with Crippen LogP contribution >= 0.6 is 0 Å². The largest absolute Gasteiger partial charge is 0.309 e. The normalized spacial score (nSPS) is 12.8. The van der Waals surface area contributed by atoms with Gasteiger partial charge in [0, 0.05) is 16.5 Å². The molecule has 0 atom stereocenters. The topological polar surface area (TPSA) is 4.93 Å². The third-order valence-corrected chi connectivity index (χ3v) is 5.86. The summed E-state index contributed by atoms with van der Waals surface area (Å²) in [5.74, 6) is 0. The van der Waals surface area contributed by atoms with Gasteiger partial charge in [-0.3, -0.25) is 0 Å². The summed E-state index contributed by atoms with van der Waals surface area (Å²) < 4.78 is 2.46. The standard InChI is InChI=1S/C27H31N/c1-18-10-8-9-11-23(18)28-24-16-19(26(2,3)4)12-14-21(24)22-15-13-20(17-25(22)28)27(5,6)7/h8-17H,1-7H3. The van der Waals surface area contributed by atoms with Gasteiger partial charge in [-0.15, -0.1) is 0 Å². The second kappa shape index (κ2) is 6.24. The van der Waals surface area contributed by atoms with Gasteiger partial charge in [-0.25, -0.2) is 0 Å². The highest BCUT2D eigenvalue weighted by molar-refractivity contribution is 6.09.